The van der Waals surface area contributed by atoms with Gasteiger partial charge in [-0.15, -0.1) is 0 Å². The molecule has 1 aliphatic rings. The summed E-state index contributed by atoms with van der Waals surface area (Å²) in [5.74, 6) is 0.0190. The van der Waals surface area contributed by atoms with E-state index in [0.717, 1.165) is 42.6 Å². The van der Waals surface area contributed by atoms with Crippen LogP contribution in [0.2, 0.25) is 0 Å². The highest BCUT2D eigenvalue weighted by molar-refractivity contribution is 5.94. The van der Waals surface area contributed by atoms with Gasteiger partial charge in [-0.05, 0) is 43.9 Å². The van der Waals surface area contributed by atoms with E-state index in [1.165, 1.54) is 0 Å². The van der Waals surface area contributed by atoms with Gasteiger partial charge in [-0.2, -0.15) is 0 Å². The molecule has 0 spiro atoms. The van der Waals surface area contributed by atoms with Crippen molar-refractivity contribution < 1.29 is 24.0 Å². The summed E-state index contributed by atoms with van der Waals surface area (Å²) in [5.41, 5.74) is 2.18. The lowest BCUT2D eigenvalue weighted by molar-refractivity contribution is -0.139. The maximum absolute atomic E-state index is 12.5. The van der Waals surface area contributed by atoms with Crippen LogP contribution in [0.4, 0.5) is 0 Å². The number of hydrogen-bond acceptors (Lipinski definition) is 5. The number of carboxylic acids is 1. The van der Waals surface area contributed by atoms with Crippen LogP contribution in [0.15, 0.2) is 28.8 Å². The number of aromatic nitrogens is 1. The number of rotatable bonds is 6. The third-order valence-electron chi connectivity index (χ3n) is 4.26. The molecule has 0 radical (unpaired) electrons. The average molecular weight is 344 g/mol. The molecule has 7 heteroatoms. The third kappa shape index (κ3) is 3.99. The summed E-state index contributed by atoms with van der Waals surface area (Å²) in [4.78, 5) is 23.0. The summed E-state index contributed by atoms with van der Waals surface area (Å²) in [5, 5.41) is 15.5. The zero-order chi connectivity index (χ0) is 17.8. The molecule has 7 nitrogen and oxygen atoms in total. The van der Waals surface area contributed by atoms with Crippen molar-refractivity contribution in [1.82, 2.24) is 10.5 Å². The molecular weight excluding hydrogens is 324 g/mol. The zero-order valence-corrected chi connectivity index (χ0v) is 13.9. The molecule has 25 heavy (non-hydrogen) atoms. The Labute approximate surface area is 145 Å². The first-order valence-electron chi connectivity index (χ1n) is 8.27. The van der Waals surface area contributed by atoms with E-state index in [4.69, 9.17) is 14.4 Å². The lowest BCUT2D eigenvalue weighted by Gasteiger charge is -2.15. The second kappa shape index (κ2) is 7.38. The van der Waals surface area contributed by atoms with Crippen LogP contribution < -0.4 is 10.1 Å². The molecule has 2 aromatic rings. The van der Waals surface area contributed by atoms with Crippen LogP contribution >= 0.6 is 0 Å². The smallest absolute Gasteiger partial charge is 0.341 e. The van der Waals surface area contributed by atoms with Gasteiger partial charge in [0.2, 0.25) is 0 Å². The van der Waals surface area contributed by atoms with Gasteiger partial charge in [0.05, 0.1) is 6.04 Å². The second-order valence-electron chi connectivity index (χ2n) is 6.09. The summed E-state index contributed by atoms with van der Waals surface area (Å²) in [7, 11) is 0. The number of aryl methyl sites for hydroxylation is 1. The molecule has 132 valence electrons. The van der Waals surface area contributed by atoms with Gasteiger partial charge in [0.25, 0.3) is 5.91 Å². The molecule has 1 unspecified atom stereocenters. The van der Waals surface area contributed by atoms with Crippen molar-refractivity contribution in [2.75, 3.05) is 6.61 Å². The van der Waals surface area contributed by atoms with Gasteiger partial charge in [0.1, 0.15) is 11.5 Å². The Kier molecular flexibility index (Phi) is 5.02. The van der Waals surface area contributed by atoms with E-state index >= 15 is 0 Å². The largest absolute Gasteiger partial charge is 0.482 e. The number of nitrogens with zero attached hydrogens (tertiary/aromatic N) is 1. The van der Waals surface area contributed by atoms with Gasteiger partial charge < -0.3 is 19.7 Å². The van der Waals surface area contributed by atoms with Crippen LogP contribution in [0.25, 0.3) is 0 Å². The maximum Gasteiger partial charge on any atom is 0.341 e. The molecule has 1 heterocycles. The van der Waals surface area contributed by atoms with Gasteiger partial charge in [-0.3, -0.25) is 4.79 Å². The van der Waals surface area contributed by atoms with E-state index in [2.05, 4.69) is 10.5 Å². The summed E-state index contributed by atoms with van der Waals surface area (Å²) < 4.78 is 10.4. The van der Waals surface area contributed by atoms with Crippen LogP contribution in [-0.4, -0.2) is 28.7 Å². The minimum atomic E-state index is -1.03. The van der Waals surface area contributed by atoms with Crippen LogP contribution in [0.5, 0.6) is 5.75 Å². The number of nitrogens with one attached hydrogen (secondary N) is 1. The molecule has 0 bridgehead atoms. The molecule has 1 amide bonds. The molecule has 0 saturated heterocycles. The third-order valence-corrected chi connectivity index (χ3v) is 4.26. The highest BCUT2D eigenvalue weighted by Gasteiger charge is 2.24. The average Bonchev–Trinajstić information content (AvgIpc) is 3.04. The zero-order valence-electron chi connectivity index (χ0n) is 13.9. The highest BCUT2D eigenvalue weighted by atomic mass is 16.5. The predicted octanol–water partition coefficient (Wildman–Crippen LogP) is 2.51. The summed E-state index contributed by atoms with van der Waals surface area (Å²) in [6.45, 7) is 1.49. The number of benzene rings is 1. The van der Waals surface area contributed by atoms with E-state index in [9.17, 15) is 9.59 Å². The molecule has 0 fully saturated rings. The Morgan fingerprint density at radius 2 is 2.00 bits per heavy atom. The lowest BCUT2D eigenvalue weighted by Crippen LogP contribution is -2.28. The lowest BCUT2D eigenvalue weighted by atomic mass is 9.96. The number of carbonyl (C=O) groups is 2. The van der Waals surface area contributed by atoms with Crippen LogP contribution in [0, 0.1) is 0 Å². The topological polar surface area (TPSA) is 102 Å². The Morgan fingerprint density at radius 3 is 2.72 bits per heavy atom. The van der Waals surface area contributed by atoms with E-state index < -0.39 is 5.97 Å². The van der Waals surface area contributed by atoms with Crippen molar-refractivity contribution in [3.05, 3.63) is 46.8 Å². The van der Waals surface area contributed by atoms with Gasteiger partial charge in [-0.1, -0.05) is 17.3 Å². The first kappa shape index (κ1) is 17.0. The molecule has 0 aliphatic heterocycles. The fourth-order valence-corrected chi connectivity index (χ4v) is 2.91. The van der Waals surface area contributed by atoms with Crippen molar-refractivity contribution in [3.63, 3.8) is 0 Å². The van der Waals surface area contributed by atoms with Crippen LogP contribution in [-0.2, 0) is 17.6 Å². The fourth-order valence-electron chi connectivity index (χ4n) is 2.91. The first-order chi connectivity index (χ1) is 12.0. The maximum atomic E-state index is 12.5. The van der Waals surface area contributed by atoms with E-state index in [1.807, 2.05) is 6.92 Å². The number of fused-ring (bicyclic) bond motifs is 1. The van der Waals surface area contributed by atoms with Crippen LogP contribution in [0.3, 0.4) is 0 Å². The van der Waals surface area contributed by atoms with Crippen molar-refractivity contribution in [2.45, 2.75) is 38.6 Å². The number of amides is 1. The molecular formula is C18H20N2O5. The highest BCUT2D eigenvalue weighted by Crippen LogP contribution is 2.25. The van der Waals surface area contributed by atoms with Gasteiger partial charge in [-0.25, -0.2) is 4.79 Å². The summed E-state index contributed by atoms with van der Waals surface area (Å²) in [6.07, 6.45) is 3.77. The van der Waals surface area contributed by atoms with Crippen molar-refractivity contribution in [2.24, 2.45) is 0 Å². The van der Waals surface area contributed by atoms with Crippen LogP contribution in [0.1, 0.15) is 53.2 Å². The molecule has 1 atom stereocenters. The van der Waals surface area contributed by atoms with Gasteiger partial charge in [0, 0.05) is 12.0 Å². The van der Waals surface area contributed by atoms with Crippen molar-refractivity contribution in [1.29, 1.82) is 0 Å². The molecule has 1 aromatic heterocycles. The number of carbonyl (C=O) groups excluding carboxylic acids is 1. The number of ether oxygens (including phenoxy) is 1. The standard InChI is InChI=1S/C18H20N2O5/c1-11(12-6-8-13(9-7-12)24-10-16(21)22)19-18(23)17-14-4-2-3-5-15(14)25-20-17/h6-9,11H,2-5,10H2,1H3,(H,19,23)(H,21,22). The normalized spacial score (nSPS) is 14.4. The van der Waals surface area contributed by atoms with Gasteiger partial charge >= 0.3 is 5.97 Å². The molecule has 1 aliphatic carbocycles. The van der Waals surface area contributed by atoms with Crippen molar-refractivity contribution in [3.8, 4) is 5.75 Å². The van der Waals surface area contributed by atoms with E-state index in [-0.39, 0.29) is 18.6 Å². The van der Waals surface area contributed by atoms with Gasteiger partial charge in [0.15, 0.2) is 12.3 Å². The van der Waals surface area contributed by atoms with Crippen molar-refractivity contribution >= 4 is 11.9 Å². The summed E-state index contributed by atoms with van der Waals surface area (Å²) >= 11 is 0. The molecule has 3 rings (SSSR count). The number of aliphatic carboxylic acids is 1. The predicted molar refractivity (Wildman–Crippen MR) is 88.6 cm³/mol. The van der Waals surface area contributed by atoms with E-state index in [0.29, 0.717) is 11.4 Å². The Bertz CT molecular complexity index is 766. The Morgan fingerprint density at radius 1 is 1.28 bits per heavy atom. The monoisotopic (exact) mass is 344 g/mol. The minimum absolute atomic E-state index is 0.225. The fraction of sp³-hybridized carbons (Fsp3) is 0.389. The molecule has 2 N–H and O–H groups in total. The Balaban J connectivity index is 1.63. The molecule has 0 saturated carbocycles. The quantitative estimate of drug-likeness (QED) is 0.835. The summed E-state index contributed by atoms with van der Waals surface area (Å²) in [6, 6.07) is 6.72. The number of hydrogen-bond donors (Lipinski definition) is 2. The molecule has 1 aromatic carbocycles. The first-order valence-corrected chi connectivity index (χ1v) is 8.27. The number of carboxylic acid groups (broad SMARTS) is 1. The van der Waals surface area contributed by atoms with E-state index in [1.54, 1.807) is 24.3 Å². The SMILES string of the molecule is CC(NC(=O)c1noc2c1CCCC2)c1ccc(OCC(=O)O)cc1. The minimum Gasteiger partial charge on any atom is -0.482 e. The second-order valence-corrected chi connectivity index (χ2v) is 6.09. The Hall–Kier alpha value is -2.83.